The second kappa shape index (κ2) is 5.85. The molecular weight excluding hydrogens is 198 g/mol. The summed E-state index contributed by atoms with van der Waals surface area (Å²) in [7, 11) is 2.02. The molecule has 1 atom stereocenters. The van der Waals surface area contributed by atoms with Gasteiger partial charge in [0.2, 0.25) is 0 Å². The standard InChI is InChI=1S/C13H23N3/c1-9(2)12(15-4)6-5-11-7-10(3)8-16-13(11)14/h7-9,12,15H,5-6H2,1-4H3,(H2,14,16). The molecule has 1 aromatic heterocycles. The molecule has 1 unspecified atom stereocenters. The number of nitrogen functional groups attached to an aromatic ring is 1. The highest BCUT2D eigenvalue weighted by Crippen LogP contribution is 2.15. The van der Waals surface area contributed by atoms with Gasteiger partial charge in [0.05, 0.1) is 0 Å². The van der Waals surface area contributed by atoms with E-state index in [-0.39, 0.29) is 0 Å². The van der Waals surface area contributed by atoms with Crippen molar-refractivity contribution >= 4 is 5.82 Å². The molecule has 3 nitrogen and oxygen atoms in total. The Morgan fingerprint density at radius 1 is 1.44 bits per heavy atom. The van der Waals surface area contributed by atoms with Gasteiger partial charge < -0.3 is 11.1 Å². The molecule has 0 fully saturated rings. The fraction of sp³-hybridized carbons (Fsp3) is 0.615. The van der Waals surface area contributed by atoms with Crippen LogP contribution in [0.2, 0.25) is 0 Å². The first kappa shape index (κ1) is 13.0. The first-order chi connectivity index (χ1) is 7.54. The minimum atomic E-state index is 0.542. The number of nitrogens with one attached hydrogen (secondary N) is 1. The summed E-state index contributed by atoms with van der Waals surface area (Å²) in [4.78, 5) is 4.18. The van der Waals surface area contributed by atoms with Crippen LogP contribution in [0.3, 0.4) is 0 Å². The van der Waals surface area contributed by atoms with Crippen LogP contribution in [0.15, 0.2) is 12.3 Å². The molecular formula is C13H23N3. The first-order valence-electron chi connectivity index (χ1n) is 5.93. The van der Waals surface area contributed by atoms with Crippen LogP contribution in [0.5, 0.6) is 0 Å². The molecule has 3 N–H and O–H groups in total. The van der Waals surface area contributed by atoms with Crippen molar-refractivity contribution in [2.24, 2.45) is 5.92 Å². The zero-order chi connectivity index (χ0) is 12.1. The summed E-state index contributed by atoms with van der Waals surface area (Å²) in [6.45, 7) is 6.52. The topological polar surface area (TPSA) is 50.9 Å². The zero-order valence-corrected chi connectivity index (χ0v) is 10.7. The van der Waals surface area contributed by atoms with Gasteiger partial charge in [-0.25, -0.2) is 4.98 Å². The molecule has 0 aliphatic heterocycles. The quantitative estimate of drug-likeness (QED) is 0.801. The van der Waals surface area contributed by atoms with Crippen LogP contribution in [-0.2, 0) is 6.42 Å². The SMILES string of the molecule is CNC(CCc1cc(C)cnc1N)C(C)C. The number of aryl methyl sites for hydroxylation is 2. The van der Waals surface area contributed by atoms with Gasteiger partial charge in [0.1, 0.15) is 5.82 Å². The summed E-state index contributed by atoms with van der Waals surface area (Å²) >= 11 is 0. The van der Waals surface area contributed by atoms with E-state index in [9.17, 15) is 0 Å². The molecule has 0 bridgehead atoms. The Balaban J connectivity index is 2.63. The van der Waals surface area contributed by atoms with Gasteiger partial charge >= 0.3 is 0 Å². The molecule has 0 saturated heterocycles. The predicted octanol–water partition coefficient (Wildman–Crippen LogP) is 2.15. The Hall–Kier alpha value is -1.09. The van der Waals surface area contributed by atoms with E-state index in [0.717, 1.165) is 12.8 Å². The van der Waals surface area contributed by atoms with Gasteiger partial charge in [0.25, 0.3) is 0 Å². The van der Waals surface area contributed by atoms with E-state index < -0.39 is 0 Å². The second-order valence-electron chi connectivity index (χ2n) is 4.73. The van der Waals surface area contributed by atoms with Crippen LogP contribution in [0.25, 0.3) is 0 Å². The van der Waals surface area contributed by atoms with E-state index in [0.29, 0.717) is 17.8 Å². The summed E-state index contributed by atoms with van der Waals surface area (Å²) in [5, 5.41) is 3.34. The van der Waals surface area contributed by atoms with E-state index in [1.165, 1.54) is 11.1 Å². The van der Waals surface area contributed by atoms with Crippen molar-refractivity contribution < 1.29 is 0 Å². The molecule has 0 amide bonds. The lowest BCUT2D eigenvalue weighted by Crippen LogP contribution is -2.31. The molecule has 0 spiro atoms. The molecule has 3 heteroatoms. The van der Waals surface area contributed by atoms with Gasteiger partial charge in [-0.15, -0.1) is 0 Å². The summed E-state index contributed by atoms with van der Waals surface area (Å²) in [5.74, 6) is 1.31. The molecule has 0 saturated carbocycles. The van der Waals surface area contributed by atoms with Crippen molar-refractivity contribution in [3.63, 3.8) is 0 Å². The zero-order valence-electron chi connectivity index (χ0n) is 10.7. The fourth-order valence-electron chi connectivity index (χ4n) is 1.96. The largest absolute Gasteiger partial charge is 0.383 e. The van der Waals surface area contributed by atoms with Gasteiger partial charge in [-0.2, -0.15) is 0 Å². The number of hydrogen-bond donors (Lipinski definition) is 2. The van der Waals surface area contributed by atoms with E-state index in [4.69, 9.17) is 5.73 Å². The van der Waals surface area contributed by atoms with Crippen LogP contribution < -0.4 is 11.1 Å². The number of anilines is 1. The molecule has 0 aromatic carbocycles. The third kappa shape index (κ3) is 3.49. The number of hydrogen-bond acceptors (Lipinski definition) is 3. The second-order valence-corrected chi connectivity index (χ2v) is 4.73. The highest BCUT2D eigenvalue weighted by Gasteiger charge is 2.11. The fourth-order valence-corrected chi connectivity index (χ4v) is 1.96. The van der Waals surface area contributed by atoms with Crippen molar-refractivity contribution in [1.82, 2.24) is 10.3 Å². The normalized spacial score (nSPS) is 13.1. The average molecular weight is 221 g/mol. The highest BCUT2D eigenvalue weighted by molar-refractivity contribution is 5.40. The summed E-state index contributed by atoms with van der Waals surface area (Å²) in [6.07, 6.45) is 3.91. The van der Waals surface area contributed by atoms with Crippen molar-refractivity contribution in [2.45, 2.75) is 39.7 Å². The van der Waals surface area contributed by atoms with Crippen LogP contribution in [0.1, 0.15) is 31.4 Å². The lowest BCUT2D eigenvalue weighted by molar-refractivity contribution is 0.403. The van der Waals surface area contributed by atoms with Gasteiger partial charge in [-0.05, 0) is 43.9 Å². The number of rotatable bonds is 5. The third-order valence-electron chi connectivity index (χ3n) is 3.04. The van der Waals surface area contributed by atoms with Gasteiger partial charge in [-0.1, -0.05) is 19.9 Å². The van der Waals surface area contributed by atoms with Gasteiger partial charge in [0, 0.05) is 12.2 Å². The summed E-state index contributed by atoms with van der Waals surface area (Å²) < 4.78 is 0. The number of nitrogens with zero attached hydrogens (tertiary/aromatic N) is 1. The number of pyridine rings is 1. The predicted molar refractivity (Wildman–Crippen MR) is 69.4 cm³/mol. The molecule has 16 heavy (non-hydrogen) atoms. The molecule has 1 aromatic rings. The lowest BCUT2D eigenvalue weighted by Gasteiger charge is -2.20. The van der Waals surface area contributed by atoms with E-state index in [2.05, 4.69) is 30.2 Å². The maximum atomic E-state index is 5.86. The Labute approximate surface area is 98.5 Å². The molecule has 0 aliphatic rings. The maximum Gasteiger partial charge on any atom is 0.126 e. The minimum Gasteiger partial charge on any atom is -0.383 e. The first-order valence-corrected chi connectivity index (χ1v) is 5.93. The number of aromatic nitrogens is 1. The summed E-state index contributed by atoms with van der Waals surface area (Å²) in [5.41, 5.74) is 8.20. The molecule has 90 valence electrons. The molecule has 1 rings (SSSR count). The van der Waals surface area contributed by atoms with Crippen molar-refractivity contribution in [3.05, 3.63) is 23.4 Å². The van der Waals surface area contributed by atoms with Crippen LogP contribution in [0, 0.1) is 12.8 Å². The van der Waals surface area contributed by atoms with Crippen molar-refractivity contribution in [3.8, 4) is 0 Å². The van der Waals surface area contributed by atoms with Gasteiger partial charge in [-0.3, -0.25) is 0 Å². The molecule has 0 aliphatic carbocycles. The Kier molecular flexibility index (Phi) is 4.74. The van der Waals surface area contributed by atoms with Crippen molar-refractivity contribution in [2.75, 3.05) is 12.8 Å². The van der Waals surface area contributed by atoms with E-state index >= 15 is 0 Å². The monoisotopic (exact) mass is 221 g/mol. The third-order valence-corrected chi connectivity index (χ3v) is 3.04. The highest BCUT2D eigenvalue weighted by atomic mass is 14.9. The van der Waals surface area contributed by atoms with E-state index in [1.807, 2.05) is 20.2 Å². The van der Waals surface area contributed by atoms with Crippen molar-refractivity contribution in [1.29, 1.82) is 0 Å². The molecule has 0 radical (unpaired) electrons. The van der Waals surface area contributed by atoms with Crippen LogP contribution in [0.4, 0.5) is 5.82 Å². The number of nitrogens with two attached hydrogens (primary N) is 1. The van der Waals surface area contributed by atoms with Crippen LogP contribution >= 0.6 is 0 Å². The van der Waals surface area contributed by atoms with Gasteiger partial charge in [0.15, 0.2) is 0 Å². The molecule has 1 heterocycles. The smallest absolute Gasteiger partial charge is 0.126 e. The Morgan fingerprint density at radius 3 is 2.69 bits per heavy atom. The average Bonchev–Trinajstić information content (AvgIpc) is 2.23. The Bertz CT molecular complexity index is 334. The van der Waals surface area contributed by atoms with Crippen LogP contribution in [-0.4, -0.2) is 18.1 Å². The van der Waals surface area contributed by atoms with E-state index in [1.54, 1.807) is 0 Å². The maximum absolute atomic E-state index is 5.86. The minimum absolute atomic E-state index is 0.542. The lowest BCUT2D eigenvalue weighted by atomic mass is 9.97. The Morgan fingerprint density at radius 2 is 2.12 bits per heavy atom. The summed E-state index contributed by atoms with van der Waals surface area (Å²) in [6, 6.07) is 2.68.